The fourth-order valence-electron chi connectivity index (χ4n) is 3.99. The van der Waals surface area contributed by atoms with Crippen LogP contribution >= 0.6 is 0 Å². The number of rotatable bonds is 6. The molecule has 0 saturated heterocycles. The third-order valence-electron chi connectivity index (χ3n) is 5.88. The molecule has 0 aliphatic heterocycles. The van der Waals surface area contributed by atoms with Gasteiger partial charge in [-0.3, -0.25) is 4.79 Å². The molecule has 3 rings (SSSR count). The quantitative estimate of drug-likeness (QED) is 0.811. The van der Waals surface area contributed by atoms with Crippen LogP contribution in [0.1, 0.15) is 47.2 Å². The van der Waals surface area contributed by atoms with E-state index in [-0.39, 0.29) is 5.91 Å². The minimum absolute atomic E-state index is 0.0159. The molecule has 1 saturated carbocycles. The Hall–Kier alpha value is -2.84. The Morgan fingerprint density at radius 3 is 2.48 bits per heavy atom. The number of carbonyl (C=O) groups excluding carboxylic acids is 1. The van der Waals surface area contributed by atoms with Crippen molar-refractivity contribution < 1.29 is 9.53 Å². The molecular formula is C24H29N3O2. The molecule has 0 spiro atoms. The fraction of sp³-hybridized carbons (Fsp3) is 0.417. The van der Waals surface area contributed by atoms with Gasteiger partial charge in [-0.1, -0.05) is 24.3 Å². The van der Waals surface area contributed by atoms with E-state index in [0.29, 0.717) is 11.6 Å². The first kappa shape index (κ1) is 20.9. The molecule has 5 heteroatoms. The van der Waals surface area contributed by atoms with Gasteiger partial charge < -0.3 is 15.0 Å². The highest BCUT2D eigenvalue weighted by molar-refractivity contribution is 5.93. The average Bonchev–Trinajstić information content (AvgIpc) is 2.78. The Labute approximate surface area is 173 Å². The summed E-state index contributed by atoms with van der Waals surface area (Å²) in [5.41, 5.74) is 2.48. The van der Waals surface area contributed by atoms with Gasteiger partial charge in [-0.2, -0.15) is 5.26 Å². The molecule has 0 radical (unpaired) electrons. The van der Waals surface area contributed by atoms with Crippen LogP contribution in [0.25, 0.3) is 0 Å². The summed E-state index contributed by atoms with van der Waals surface area (Å²) >= 11 is 0. The van der Waals surface area contributed by atoms with Gasteiger partial charge in [-0.05, 0) is 61.1 Å². The third kappa shape index (κ3) is 4.78. The second-order valence-electron chi connectivity index (χ2n) is 7.98. The lowest BCUT2D eigenvalue weighted by molar-refractivity contribution is 0.0827. The maximum atomic E-state index is 12.0. The Kier molecular flexibility index (Phi) is 6.56. The van der Waals surface area contributed by atoms with Gasteiger partial charge in [0.25, 0.3) is 5.91 Å². The molecule has 2 aromatic carbocycles. The van der Waals surface area contributed by atoms with Crippen LogP contribution in [0.5, 0.6) is 5.75 Å². The van der Waals surface area contributed by atoms with E-state index in [1.54, 1.807) is 26.1 Å². The van der Waals surface area contributed by atoms with Crippen molar-refractivity contribution in [3.05, 3.63) is 65.2 Å². The molecular weight excluding hydrogens is 362 g/mol. The first-order valence-electron chi connectivity index (χ1n) is 10.1. The summed E-state index contributed by atoms with van der Waals surface area (Å²) in [5.74, 6) is 0.816. The third-order valence-corrected chi connectivity index (χ3v) is 5.88. The van der Waals surface area contributed by atoms with Gasteiger partial charge >= 0.3 is 0 Å². The first-order chi connectivity index (χ1) is 14.0. The number of benzene rings is 2. The second-order valence-corrected chi connectivity index (χ2v) is 7.98. The summed E-state index contributed by atoms with van der Waals surface area (Å²) in [4.78, 5) is 13.6. The van der Waals surface area contributed by atoms with Crippen LogP contribution in [-0.4, -0.2) is 38.1 Å². The summed E-state index contributed by atoms with van der Waals surface area (Å²) in [6.07, 6.45) is 3.60. The Morgan fingerprint density at radius 2 is 1.90 bits per heavy atom. The van der Waals surface area contributed by atoms with Crippen LogP contribution in [-0.2, 0) is 12.0 Å². The van der Waals surface area contributed by atoms with Gasteiger partial charge in [0.2, 0.25) is 0 Å². The summed E-state index contributed by atoms with van der Waals surface area (Å²) < 4.78 is 5.33. The second kappa shape index (κ2) is 9.11. The first-order valence-corrected chi connectivity index (χ1v) is 10.1. The highest BCUT2D eigenvalue weighted by Crippen LogP contribution is 2.40. The van der Waals surface area contributed by atoms with Gasteiger partial charge in [0.05, 0.1) is 18.6 Å². The molecule has 1 fully saturated rings. The SMILES string of the molecule is COc1cccc([C@]2(C#N)CC[C@@H](NCc3ccc(C(=O)N(C)C)cc3)CC2)c1. The van der Waals surface area contributed by atoms with Crippen molar-refractivity contribution in [1.29, 1.82) is 5.26 Å². The average molecular weight is 392 g/mol. The number of nitrogens with zero attached hydrogens (tertiary/aromatic N) is 2. The van der Waals surface area contributed by atoms with E-state index in [1.165, 1.54) is 0 Å². The van der Waals surface area contributed by atoms with Crippen molar-refractivity contribution in [1.82, 2.24) is 10.2 Å². The van der Waals surface area contributed by atoms with Gasteiger partial charge in [0.1, 0.15) is 5.75 Å². The van der Waals surface area contributed by atoms with E-state index in [4.69, 9.17) is 4.74 Å². The zero-order valence-corrected chi connectivity index (χ0v) is 17.4. The normalized spacial score (nSPS) is 21.2. The van der Waals surface area contributed by atoms with Crippen LogP contribution in [0.15, 0.2) is 48.5 Å². The van der Waals surface area contributed by atoms with Crippen molar-refractivity contribution in [2.45, 2.75) is 43.7 Å². The van der Waals surface area contributed by atoms with E-state index in [1.807, 2.05) is 48.5 Å². The molecule has 1 aliphatic carbocycles. The van der Waals surface area contributed by atoms with Gasteiger partial charge in [-0.25, -0.2) is 0 Å². The number of amides is 1. The standard InChI is InChI=1S/C24H29N3O2/c1-27(2)23(28)19-9-7-18(8-10-19)16-26-21-11-13-24(17-25,14-12-21)20-5-4-6-22(15-20)29-3/h4-10,15,21,26H,11-14,16H2,1-3H3/t21-,24-. The molecule has 0 heterocycles. The predicted octanol–water partition coefficient (Wildman–Crippen LogP) is 3.89. The number of nitrogens with one attached hydrogen (secondary N) is 1. The number of nitriles is 1. The molecule has 152 valence electrons. The maximum absolute atomic E-state index is 12.0. The molecule has 0 aromatic heterocycles. The fourth-order valence-corrected chi connectivity index (χ4v) is 3.99. The van der Waals surface area contributed by atoms with E-state index >= 15 is 0 Å². The van der Waals surface area contributed by atoms with Gasteiger partial charge in [0.15, 0.2) is 0 Å². The minimum Gasteiger partial charge on any atom is -0.497 e. The van der Waals surface area contributed by atoms with E-state index < -0.39 is 5.41 Å². The zero-order chi connectivity index (χ0) is 20.9. The maximum Gasteiger partial charge on any atom is 0.253 e. The van der Waals surface area contributed by atoms with Crippen LogP contribution < -0.4 is 10.1 Å². The Balaban J connectivity index is 1.57. The number of hydrogen-bond acceptors (Lipinski definition) is 4. The van der Waals surface area contributed by atoms with Crippen molar-refractivity contribution in [3.8, 4) is 11.8 Å². The van der Waals surface area contributed by atoms with E-state index in [2.05, 4.69) is 11.4 Å². The van der Waals surface area contributed by atoms with Crippen LogP contribution in [0.2, 0.25) is 0 Å². The summed E-state index contributed by atoms with van der Waals surface area (Å²) in [6, 6.07) is 18.6. The molecule has 29 heavy (non-hydrogen) atoms. The Morgan fingerprint density at radius 1 is 1.21 bits per heavy atom. The van der Waals surface area contributed by atoms with Crippen molar-refractivity contribution in [3.63, 3.8) is 0 Å². The molecule has 5 nitrogen and oxygen atoms in total. The van der Waals surface area contributed by atoms with Crippen molar-refractivity contribution in [2.24, 2.45) is 0 Å². The van der Waals surface area contributed by atoms with Crippen molar-refractivity contribution in [2.75, 3.05) is 21.2 Å². The predicted molar refractivity (Wildman–Crippen MR) is 114 cm³/mol. The highest BCUT2D eigenvalue weighted by Gasteiger charge is 2.37. The lowest BCUT2D eigenvalue weighted by Gasteiger charge is -2.36. The monoisotopic (exact) mass is 391 g/mol. The van der Waals surface area contributed by atoms with E-state index in [0.717, 1.165) is 49.1 Å². The minimum atomic E-state index is -0.430. The lowest BCUT2D eigenvalue weighted by atomic mass is 9.69. The molecule has 1 amide bonds. The largest absolute Gasteiger partial charge is 0.497 e. The molecule has 1 N–H and O–H groups in total. The smallest absolute Gasteiger partial charge is 0.253 e. The number of hydrogen-bond donors (Lipinski definition) is 1. The molecule has 0 bridgehead atoms. The Bertz CT molecular complexity index is 876. The molecule has 2 aromatic rings. The highest BCUT2D eigenvalue weighted by atomic mass is 16.5. The lowest BCUT2D eigenvalue weighted by Crippen LogP contribution is -2.39. The number of methoxy groups -OCH3 is 1. The summed E-state index contributed by atoms with van der Waals surface area (Å²) in [6.45, 7) is 0.764. The van der Waals surface area contributed by atoms with E-state index in [9.17, 15) is 10.1 Å². The van der Waals surface area contributed by atoms with Crippen LogP contribution in [0.3, 0.4) is 0 Å². The van der Waals surface area contributed by atoms with Crippen LogP contribution in [0.4, 0.5) is 0 Å². The van der Waals surface area contributed by atoms with Gasteiger partial charge in [-0.15, -0.1) is 0 Å². The molecule has 0 atom stereocenters. The summed E-state index contributed by atoms with van der Waals surface area (Å²) in [7, 11) is 5.17. The molecule has 0 unspecified atom stereocenters. The number of carbonyl (C=O) groups is 1. The topological polar surface area (TPSA) is 65.4 Å². The van der Waals surface area contributed by atoms with Gasteiger partial charge in [0, 0.05) is 32.2 Å². The van der Waals surface area contributed by atoms with Crippen LogP contribution in [0, 0.1) is 11.3 Å². The number of ether oxygens (including phenoxy) is 1. The molecule has 1 aliphatic rings. The summed E-state index contributed by atoms with van der Waals surface area (Å²) in [5, 5.41) is 13.5. The zero-order valence-electron chi connectivity index (χ0n) is 17.4. The van der Waals surface area contributed by atoms with Crippen molar-refractivity contribution >= 4 is 5.91 Å².